The van der Waals surface area contributed by atoms with Crippen LogP contribution in [0.1, 0.15) is 20.8 Å². The number of nitro benzene ring substituents is 1. The summed E-state index contributed by atoms with van der Waals surface area (Å²) in [4.78, 5) is 23.4. The van der Waals surface area contributed by atoms with Crippen LogP contribution in [0.25, 0.3) is 20.9 Å². The fourth-order valence-electron chi connectivity index (χ4n) is 3.92. The van der Waals surface area contributed by atoms with Gasteiger partial charge >= 0.3 is 0 Å². The summed E-state index contributed by atoms with van der Waals surface area (Å²) in [6.45, 7) is 0.308. The molecule has 0 bridgehead atoms. The molecule has 0 fully saturated rings. The summed E-state index contributed by atoms with van der Waals surface area (Å²) in [7, 11) is 1.52. The number of benzene rings is 4. The van der Waals surface area contributed by atoms with Gasteiger partial charge in [0.1, 0.15) is 6.61 Å². The molecule has 4 aromatic carbocycles. The van der Waals surface area contributed by atoms with E-state index in [-0.39, 0.29) is 5.69 Å². The zero-order valence-electron chi connectivity index (χ0n) is 20.0. The molecule has 1 amide bonds. The number of halogens is 1. The van der Waals surface area contributed by atoms with E-state index in [2.05, 4.69) is 22.7 Å². The van der Waals surface area contributed by atoms with Gasteiger partial charge in [0.05, 0.1) is 28.1 Å². The number of hydrazone groups is 1. The molecule has 0 radical (unpaired) electrons. The lowest BCUT2D eigenvalue weighted by Crippen LogP contribution is -2.16. The van der Waals surface area contributed by atoms with Crippen LogP contribution in [0.4, 0.5) is 5.69 Å². The quantitative estimate of drug-likeness (QED) is 0.129. The molecule has 5 rings (SSSR count). The molecular formula is C28H20ClN3O5S. The van der Waals surface area contributed by atoms with Gasteiger partial charge in [-0.05, 0) is 52.2 Å². The highest BCUT2D eigenvalue weighted by Crippen LogP contribution is 2.37. The van der Waals surface area contributed by atoms with Crippen molar-refractivity contribution in [1.29, 1.82) is 0 Å². The number of hydrogen-bond donors (Lipinski definition) is 1. The van der Waals surface area contributed by atoms with Gasteiger partial charge in [-0.2, -0.15) is 5.10 Å². The van der Waals surface area contributed by atoms with Crippen molar-refractivity contribution < 1.29 is 19.2 Å². The highest BCUT2D eigenvalue weighted by atomic mass is 35.5. The number of non-ortho nitro benzene ring substituents is 1. The lowest BCUT2D eigenvalue weighted by atomic mass is 10.1. The molecule has 0 saturated carbocycles. The number of methoxy groups -OCH3 is 1. The first-order valence-electron chi connectivity index (χ1n) is 11.4. The fraction of sp³-hybridized carbons (Fsp3) is 0.0714. The average molecular weight is 546 g/mol. The topological polar surface area (TPSA) is 103 Å². The van der Waals surface area contributed by atoms with E-state index in [1.165, 1.54) is 36.8 Å². The predicted octanol–water partition coefficient (Wildman–Crippen LogP) is 6.97. The molecule has 8 nitrogen and oxygen atoms in total. The van der Waals surface area contributed by atoms with Crippen molar-refractivity contribution in [3.05, 3.63) is 110 Å². The van der Waals surface area contributed by atoms with Crippen molar-refractivity contribution in [2.24, 2.45) is 5.10 Å². The standard InChI is InChI=1S/C28H20ClN3O5S/c1-36-24-12-18(11-23(29)27(24)37-16-17-6-7-19-4-2-3-5-20(19)10-17)15-30-31-28(33)26-14-21-13-22(32(34)35)8-9-25(21)38-26/h2-15H,16H2,1H3,(H,31,33)/b30-15-. The van der Waals surface area contributed by atoms with Gasteiger partial charge in [-0.25, -0.2) is 5.43 Å². The number of nitro groups is 1. The van der Waals surface area contributed by atoms with Crippen molar-refractivity contribution in [2.75, 3.05) is 7.11 Å². The summed E-state index contributed by atoms with van der Waals surface area (Å²) in [5.41, 5.74) is 4.03. The molecule has 1 heterocycles. The highest BCUT2D eigenvalue weighted by molar-refractivity contribution is 7.20. The number of nitrogens with one attached hydrogen (secondary N) is 1. The summed E-state index contributed by atoms with van der Waals surface area (Å²) >= 11 is 7.71. The molecular weight excluding hydrogens is 526 g/mol. The van der Waals surface area contributed by atoms with E-state index in [1.807, 2.05) is 30.3 Å². The van der Waals surface area contributed by atoms with Gasteiger partial charge in [-0.3, -0.25) is 14.9 Å². The first-order valence-corrected chi connectivity index (χ1v) is 12.6. The molecule has 0 aliphatic heterocycles. The molecule has 1 aromatic heterocycles. The van der Waals surface area contributed by atoms with Crippen molar-refractivity contribution in [1.82, 2.24) is 5.43 Å². The molecule has 0 saturated heterocycles. The number of hydrogen-bond acceptors (Lipinski definition) is 7. The van der Waals surface area contributed by atoms with Crippen LogP contribution >= 0.6 is 22.9 Å². The molecule has 0 spiro atoms. The Labute approximate surface area is 226 Å². The third-order valence-electron chi connectivity index (χ3n) is 5.76. The van der Waals surface area contributed by atoms with Gasteiger partial charge in [0.15, 0.2) is 11.5 Å². The number of rotatable bonds is 8. The van der Waals surface area contributed by atoms with E-state index in [0.29, 0.717) is 39.0 Å². The Hall–Kier alpha value is -4.47. The van der Waals surface area contributed by atoms with Crippen molar-refractivity contribution in [3.63, 3.8) is 0 Å². The van der Waals surface area contributed by atoms with Crippen LogP contribution in [0, 0.1) is 10.1 Å². The minimum absolute atomic E-state index is 0.0317. The monoisotopic (exact) mass is 545 g/mol. The summed E-state index contributed by atoms with van der Waals surface area (Å²) < 4.78 is 12.2. The number of ether oxygens (including phenoxy) is 2. The third-order valence-corrected chi connectivity index (χ3v) is 7.16. The molecule has 5 aromatic rings. The molecule has 0 aliphatic rings. The summed E-state index contributed by atoms with van der Waals surface area (Å²) in [6.07, 6.45) is 1.44. The number of carbonyl (C=O) groups is 1. The molecule has 190 valence electrons. The molecule has 10 heteroatoms. The van der Waals surface area contributed by atoms with E-state index in [4.69, 9.17) is 21.1 Å². The van der Waals surface area contributed by atoms with Gasteiger partial charge < -0.3 is 9.47 Å². The van der Waals surface area contributed by atoms with Crippen LogP contribution in [0.5, 0.6) is 11.5 Å². The molecule has 0 atom stereocenters. The van der Waals surface area contributed by atoms with E-state index in [0.717, 1.165) is 21.0 Å². The van der Waals surface area contributed by atoms with Gasteiger partial charge in [-0.15, -0.1) is 11.3 Å². The van der Waals surface area contributed by atoms with Crippen molar-refractivity contribution in [3.8, 4) is 11.5 Å². The lowest BCUT2D eigenvalue weighted by molar-refractivity contribution is -0.384. The van der Waals surface area contributed by atoms with Gasteiger partial charge in [-0.1, -0.05) is 48.0 Å². The van der Waals surface area contributed by atoms with Crippen molar-refractivity contribution in [2.45, 2.75) is 6.61 Å². The maximum absolute atomic E-state index is 12.6. The van der Waals surface area contributed by atoms with Gasteiger partial charge in [0.25, 0.3) is 11.6 Å². The number of thiophene rings is 1. The zero-order chi connectivity index (χ0) is 26.6. The second kappa shape index (κ2) is 10.9. The first-order chi connectivity index (χ1) is 18.4. The second-order valence-corrected chi connectivity index (χ2v) is 9.78. The van der Waals surface area contributed by atoms with Crippen LogP contribution < -0.4 is 14.9 Å². The Morgan fingerprint density at radius 2 is 1.87 bits per heavy atom. The molecule has 0 aliphatic carbocycles. The minimum atomic E-state index is -0.472. The smallest absolute Gasteiger partial charge is 0.281 e. The Balaban J connectivity index is 1.26. The largest absolute Gasteiger partial charge is 0.493 e. The Morgan fingerprint density at radius 3 is 2.66 bits per heavy atom. The predicted molar refractivity (Wildman–Crippen MR) is 150 cm³/mol. The minimum Gasteiger partial charge on any atom is -0.493 e. The van der Waals surface area contributed by atoms with Crippen LogP contribution in [-0.4, -0.2) is 24.2 Å². The van der Waals surface area contributed by atoms with Gasteiger partial charge in [0, 0.05) is 22.2 Å². The van der Waals surface area contributed by atoms with Gasteiger partial charge in [0.2, 0.25) is 0 Å². The van der Waals surface area contributed by atoms with Crippen LogP contribution in [-0.2, 0) is 6.61 Å². The van der Waals surface area contributed by atoms with Crippen LogP contribution in [0.3, 0.4) is 0 Å². The Morgan fingerprint density at radius 1 is 1.05 bits per heavy atom. The van der Waals surface area contributed by atoms with E-state index in [1.54, 1.807) is 24.3 Å². The van der Waals surface area contributed by atoms with E-state index in [9.17, 15) is 14.9 Å². The summed E-state index contributed by atoms with van der Waals surface area (Å²) in [5, 5.41) is 18.2. The second-order valence-electron chi connectivity index (χ2n) is 8.29. The Kier molecular flexibility index (Phi) is 7.21. The number of carbonyl (C=O) groups excluding carboxylic acids is 1. The number of nitrogens with zero attached hydrogens (tertiary/aromatic N) is 2. The highest BCUT2D eigenvalue weighted by Gasteiger charge is 2.14. The third kappa shape index (κ3) is 5.44. The fourth-order valence-corrected chi connectivity index (χ4v) is 5.12. The Bertz CT molecular complexity index is 1720. The van der Waals surface area contributed by atoms with Crippen molar-refractivity contribution >= 4 is 61.6 Å². The van der Waals surface area contributed by atoms with Crippen LogP contribution in [0.2, 0.25) is 5.02 Å². The first kappa shape index (κ1) is 25.2. The molecule has 1 N–H and O–H groups in total. The normalized spacial score (nSPS) is 11.2. The maximum atomic E-state index is 12.6. The summed E-state index contributed by atoms with van der Waals surface area (Å²) in [5.74, 6) is 0.401. The van der Waals surface area contributed by atoms with Crippen LogP contribution in [0.15, 0.2) is 84.0 Å². The lowest BCUT2D eigenvalue weighted by Gasteiger charge is -2.13. The van der Waals surface area contributed by atoms with E-state index < -0.39 is 10.8 Å². The number of fused-ring (bicyclic) bond motifs is 2. The van der Waals surface area contributed by atoms with E-state index >= 15 is 0 Å². The maximum Gasteiger partial charge on any atom is 0.281 e. The summed E-state index contributed by atoms with van der Waals surface area (Å²) in [6, 6.07) is 23.6. The molecule has 38 heavy (non-hydrogen) atoms. The average Bonchev–Trinajstić information content (AvgIpc) is 3.36. The number of amides is 1. The molecule has 0 unspecified atom stereocenters. The SMILES string of the molecule is COc1cc(/C=N\NC(=O)c2cc3cc([N+](=O)[O-])ccc3s2)cc(Cl)c1OCc1ccc2ccccc2c1. The zero-order valence-corrected chi connectivity index (χ0v) is 21.6.